The Morgan fingerprint density at radius 3 is 2.69 bits per heavy atom. The van der Waals surface area contributed by atoms with Crippen LogP contribution in [0.3, 0.4) is 0 Å². The maximum atomic E-state index is 11.9. The Kier molecular flexibility index (Phi) is 5.05. The van der Waals surface area contributed by atoms with Crippen molar-refractivity contribution in [2.75, 3.05) is 20.4 Å². The first-order valence-corrected chi connectivity index (χ1v) is 5.23. The molecule has 0 radical (unpaired) electrons. The number of hydrogen-bond donors (Lipinski definition) is 1. The van der Waals surface area contributed by atoms with Crippen LogP contribution in [0.2, 0.25) is 0 Å². The second-order valence-electron chi connectivity index (χ2n) is 3.48. The van der Waals surface area contributed by atoms with Gasteiger partial charge in [-0.15, -0.1) is 0 Å². The molecule has 0 aliphatic heterocycles. The molecule has 0 fully saturated rings. The van der Waals surface area contributed by atoms with Crippen LogP contribution >= 0.6 is 0 Å². The molecule has 0 heterocycles. The van der Waals surface area contributed by atoms with E-state index in [0.717, 1.165) is 5.56 Å². The number of alkyl halides is 1. The largest absolute Gasteiger partial charge is 0.493 e. The molecule has 4 heteroatoms. The number of hydrogen-bond acceptors (Lipinski definition) is 3. The van der Waals surface area contributed by atoms with E-state index in [9.17, 15) is 9.50 Å². The number of rotatable bonds is 6. The lowest BCUT2D eigenvalue weighted by Gasteiger charge is -2.12. The third-order valence-corrected chi connectivity index (χ3v) is 2.21. The molecule has 0 saturated carbocycles. The van der Waals surface area contributed by atoms with E-state index in [1.165, 1.54) is 7.11 Å². The highest BCUT2D eigenvalue weighted by Gasteiger charge is 2.08. The molecule has 0 aliphatic carbocycles. The highest BCUT2D eigenvalue weighted by molar-refractivity contribution is 5.43. The molecular weight excluding hydrogens is 211 g/mol. The van der Waals surface area contributed by atoms with Gasteiger partial charge in [0.2, 0.25) is 0 Å². The third kappa shape index (κ3) is 3.38. The van der Waals surface area contributed by atoms with Crippen molar-refractivity contribution >= 4 is 0 Å². The second-order valence-corrected chi connectivity index (χ2v) is 3.48. The Morgan fingerprint density at radius 2 is 2.12 bits per heavy atom. The summed E-state index contributed by atoms with van der Waals surface area (Å²) in [5.74, 6) is 1.12. The van der Waals surface area contributed by atoms with Crippen molar-refractivity contribution in [2.24, 2.45) is 0 Å². The summed E-state index contributed by atoms with van der Waals surface area (Å²) >= 11 is 0. The van der Waals surface area contributed by atoms with Crippen LogP contribution in [-0.4, -0.2) is 25.5 Å². The van der Waals surface area contributed by atoms with Crippen molar-refractivity contribution < 1.29 is 19.0 Å². The molecule has 1 aromatic carbocycles. The van der Waals surface area contributed by atoms with Gasteiger partial charge >= 0.3 is 0 Å². The molecule has 0 unspecified atom stereocenters. The van der Waals surface area contributed by atoms with Crippen molar-refractivity contribution in [3.8, 4) is 11.5 Å². The fourth-order valence-electron chi connectivity index (χ4n) is 1.30. The first-order valence-electron chi connectivity index (χ1n) is 5.23. The molecule has 16 heavy (non-hydrogen) atoms. The van der Waals surface area contributed by atoms with Crippen molar-refractivity contribution in [1.29, 1.82) is 0 Å². The quantitative estimate of drug-likeness (QED) is 0.760. The van der Waals surface area contributed by atoms with Gasteiger partial charge in [-0.1, -0.05) is 6.07 Å². The molecule has 1 atom stereocenters. The van der Waals surface area contributed by atoms with E-state index in [1.54, 1.807) is 25.1 Å². The normalized spacial score (nSPS) is 12.2. The zero-order valence-corrected chi connectivity index (χ0v) is 9.57. The molecule has 1 aromatic rings. The molecule has 1 N–H and O–H groups in total. The fraction of sp³-hybridized carbons (Fsp3) is 0.500. The minimum atomic E-state index is -0.547. The number of aliphatic hydroxyl groups excluding tert-OH is 1. The topological polar surface area (TPSA) is 38.7 Å². The summed E-state index contributed by atoms with van der Waals surface area (Å²) in [4.78, 5) is 0. The fourth-order valence-corrected chi connectivity index (χ4v) is 1.30. The summed E-state index contributed by atoms with van der Waals surface area (Å²) < 4.78 is 22.4. The summed E-state index contributed by atoms with van der Waals surface area (Å²) in [7, 11) is 1.53. The van der Waals surface area contributed by atoms with Gasteiger partial charge in [-0.25, -0.2) is 0 Å². The van der Waals surface area contributed by atoms with Gasteiger partial charge in [0.1, 0.15) is 0 Å². The molecule has 1 rings (SSSR count). The van der Waals surface area contributed by atoms with Gasteiger partial charge in [-0.3, -0.25) is 4.39 Å². The van der Waals surface area contributed by atoms with Crippen molar-refractivity contribution in [2.45, 2.75) is 19.4 Å². The van der Waals surface area contributed by atoms with E-state index in [1.807, 2.05) is 0 Å². The minimum Gasteiger partial charge on any atom is -0.493 e. The van der Waals surface area contributed by atoms with Gasteiger partial charge in [-0.05, 0) is 24.6 Å². The smallest absolute Gasteiger partial charge is 0.161 e. The lowest BCUT2D eigenvalue weighted by atomic mass is 10.1. The van der Waals surface area contributed by atoms with E-state index in [4.69, 9.17) is 9.47 Å². The first kappa shape index (κ1) is 12.8. The summed E-state index contributed by atoms with van der Waals surface area (Å²) in [6.45, 7) is 1.60. The Labute approximate surface area is 94.8 Å². The van der Waals surface area contributed by atoms with E-state index in [-0.39, 0.29) is 0 Å². The Morgan fingerprint density at radius 1 is 1.38 bits per heavy atom. The monoisotopic (exact) mass is 228 g/mol. The van der Waals surface area contributed by atoms with Crippen LogP contribution in [0.25, 0.3) is 0 Å². The second kappa shape index (κ2) is 6.33. The van der Waals surface area contributed by atoms with Gasteiger partial charge in [0.15, 0.2) is 11.5 Å². The number of methoxy groups -OCH3 is 1. The van der Waals surface area contributed by atoms with Crippen LogP contribution in [0.1, 0.15) is 25.0 Å². The summed E-state index contributed by atoms with van der Waals surface area (Å²) in [6, 6.07) is 5.20. The predicted octanol–water partition coefficient (Wildman–Crippen LogP) is 2.49. The third-order valence-electron chi connectivity index (χ3n) is 2.21. The van der Waals surface area contributed by atoms with Crippen molar-refractivity contribution in [3.63, 3.8) is 0 Å². The van der Waals surface area contributed by atoms with Gasteiger partial charge in [0.05, 0.1) is 26.5 Å². The van der Waals surface area contributed by atoms with E-state index >= 15 is 0 Å². The Balaban J connectivity index is 2.76. The van der Waals surface area contributed by atoms with Crippen LogP contribution in [0.4, 0.5) is 4.39 Å². The average Bonchev–Trinajstić information content (AvgIpc) is 2.29. The molecule has 90 valence electrons. The lowest BCUT2D eigenvalue weighted by Crippen LogP contribution is -2.01. The van der Waals surface area contributed by atoms with E-state index in [0.29, 0.717) is 24.5 Å². The lowest BCUT2D eigenvalue weighted by molar-refractivity contribution is 0.198. The molecule has 0 spiro atoms. The molecule has 0 aromatic heterocycles. The zero-order chi connectivity index (χ0) is 12.0. The highest BCUT2D eigenvalue weighted by Crippen LogP contribution is 2.30. The summed E-state index contributed by atoms with van der Waals surface area (Å²) in [5, 5.41) is 9.40. The maximum Gasteiger partial charge on any atom is 0.161 e. The highest BCUT2D eigenvalue weighted by atomic mass is 19.1. The number of halogens is 1. The molecule has 0 amide bonds. The van der Waals surface area contributed by atoms with Gasteiger partial charge < -0.3 is 14.6 Å². The minimum absolute atomic E-state index is 0.320. The summed E-state index contributed by atoms with van der Waals surface area (Å²) in [6.07, 6.45) is -0.185. The van der Waals surface area contributed by atoms with Crippen LogP contribution < -0.4 is 9.47 Å². The van der Waals surface area contributed by atoms with Gasteiger partial charge in [-0.2, -0.15) is 0 Å². The van der Waals surface area contributed by atoms with Crippen LogP contribution in [0.5, 0.6) is 11.5 Å². The van der Waals surface area contributed by atoms with Crippen molar-refractivity contribution in [3.05, 3.63) is 23.8 Å². The van der Waals surface area contributed by atoms with Crippen LogP contribution in [0, 0.1) is 0 Å². The van der Waals surface area contributed by atoms with Gasteiger partial charge in [0, 0.05) is 6.42 Å². The van der Waals surface area contributed by atoms with E-state index < -0.39 is 12.8 Å². The average molecular weight is 228 g/mol. The Bertz CT molecular complexity index is 326. The molecular formula is C12H17FO3. The first-order chi connectivity index (χ1) is 7.69. The number of benzene rings is 1. The molecule has 0 saturated heterocycles. The number of ether oxygens (including phenoxy) is 2. The molecule has 0 bridgehead atoms. The Hall–Kier alpha value is -1.29. The van der Waals surface area contributed by atoms with Crippen LogP contribution in [0.15, 0.2) is 18.2 Å². The standard InChI is InChI=1S/C12H17FO3/c1-9(14)10-4-5-11(12(8-10)15-2)16-7-3-6-13/h4-5,8-9,14H,3,6-7H2,1-2H3/t9-/m0/s1. The number of aliphatic hydroxyl groups is 1. The maximum absolute atomic E-state index is 11.9. The van der Waals surface area contributed by atoms with Gasteiger partial charge in [0.25, 0.3) is 0 Å². The SMILES string of the molecule is COc1cc([C@H](C)O)ccc1OCCCF. The predicted molar refractivity (Wildman–Crippen MR) is 59.7 cm³/mol. The molecule has 0 aliphatic rings. The van der Waals surface area contributed by atoms with Crippen LogP contribution in [-0.2, 0) is 0 Å². The van der Waals surface area contributed by atoms with E-state index in [2.05, 4.69) is 0 Å². The summed E-state index contributed by atoms with van der Waals surface area (Å²) in [5.41, 5.74) is 0.759. The molecule has 3 nitrogen and oxygen atoms in total. The zero-order valence-electron chi connectivity index (χ0n) is 9.57. The van der Waals surface area contributed by atoms with Crippen molar-refractivity contribution in [1.82, 2.24) is 0 Å².